The van der Waals surface area contributed by atoms with Crippen LogP contribution in [0.15, 0.2) is 61.9 Å². The van der Waals surface area contributed by atoms with Crippen molar-refractivity contribution in [2.75, 3.05) is 13.2 Å². The third kappa shape index (κ3) is 5.07. The van der Waals surface area contributed by atoms with Crippen LogP contribution < -0.4 is 19.6 Å². The van der Waals surface area contributed by atoms with E-state index in [1.807, 2.05) is 6.92 Å². The summed E-state index contributed by atoms with van der Waals surface area (Å²) in [6, 6.07) is 8.59. The summed E-state index contributed by atoms with van der Waals surface area (Å²) in [5, 5.41) is 21.8. The summed E-state index contributed by atoms with van der Waals surface area (Å²) < 4.78 is 12.5. The Kier molecular flexibility index (Phi) is 7.60. The van der Waals surface area contributed by atoms with Gasteiger partial charge in [-0.2, -0.15) is 0 Å². The van der Waals surface area contributed by atoms with Gasteiger partial charge in [0.25, 0.3) is 11.2 Å². The lowest BCUT2D eigenvalue weighted by molar-refractivity contribution is -0.385. The highest BCUT2D eigenvalue weighted by atomic mass is 79.9. The first-order valence-corrected chi connectivity index (χ1v) is 12.9. The number of halogens is 1. The molecule has 1 aliphatic rings. The van der Waals surface area contributed by atoms with Gasteiger partial charge in [0.1, 0.15) is 11.5 Å². The van der Waals surface area contributed by atoms with E-state index in [2.05, 4.69) is 20.9 Å². The van der Waals surface area contributed by atoms with Gasteiger partial charge in [-0.3, -0.25) is 19.5 Å². The van der Waals surface area contributed by atoms with Crippen LogP contribution >= 0.6 is 27.3 Å². The van der Waals surface area contributed by atoms with Crippen LogP contribution in [0, 0.1) is 10.1 Å². The first-order valence-electron chi connectivity index (χ1n) is 11.3. The Balaban J connectivity index is 1.95. The molecule has 1 aromatic heterocycles. The van der Waals surface area contributed by atoms with Crippen LogP contribution in [0.1, 0.15) is 37.9 Å². The standard InChI is InChI=1S/C25H22BrN3O7S/c1-4-35-17-8-6-14(7-9-17)21-20(24(32)36-5-2)13(3)27-25-28(21)23(31)19(37-25)11-15-10-16(29(33)34)12-18(26)22(15)30/h6-12,21,30H,4-5H2,1-3H3/b19-11-/t21-/m0/s1. The molecule has 0 bridgehead atoms. The number of hydrogen-bond donors (Lipinski definition) is 1. The minimum Gasteiger partial charge on any atom is -0.506 e. The summed E-state index contributed by atoms with van der Waals surface area (Å²) in [6.07, 6.45) is 1.37. The first-order chi connectivity index (χ1) is 17.7. The number of rotatable bonds is 7. The molecule has 0 fully saturated rings. The zero-order valence-corrected chi connectivity index (χ0v) is 22.5. The molecule has 0 aliphatic carbocycles. The van der Waals surface area contributed by atoms with E-state index in [-0.39, 0.29) is 38.2 Å². The second kappa shape index (κ2) is 10.7. The molecule has 2 heterocycles. The fourth-order valence-corrected chi connectivity index (χ4v) is 5.48. The number of nitro groups is 1. The van der Waals surface area contributed by atoms with Crippen LogP contribution in [0.25, 0.3) is 6.08 Å². The number of fused-ring (bicyclic) bond motifs is 1. The lowest BCUT2D eigenvalue weighted by Gasteiger charge is -2.24. The van der Waals surface area contributed by atoms with Crippen LogP contribution in [0.5, 0.6) is 11.5 Å². The molecule has 0 saturated carbocycles. The van der Waals surface area contributed by atoms with E-state index in [1.165, 1.54) is 22.8 Å². The number of phenols is 1. The number of benzene rings is 2. The normalized spacial score (nSPS) is 15.2. The minimum absolute atomic E-state index is 0.0882. The van der Waals surface area contributed by atoms with Crippen molar-refractivity contribution in [3.8, 4) is 11.5 Å². The molecule has 1 aliphatic heterocycles. The minimum atomic E-state index is -0.821. The summed E-state index contributed by atoms with van der Waals surface area (Å²) in [6.45, 7) is 5.88. The average Bonchev–Trinajstić information content (AvgIpc) is 3.16. The zero-order chi connectivity index (χ0) is 26.9. The number of esters is 1. The Morgan fingerprint density at radius 3 is 2.59 bits per heavy atom. The quantitative estimate of drug-likeness (QED) is 0.254. The van der Waals surface area contributed by atoms with Crippen molar-refractivity contribution in [3.05, 3.63) is 93.1 Å². The van der Waals surface area contributed by atoms with Crippen LogP contribution in [0.4, 0.5) is 5.69 Å². The van der Waals surface area contributed by atoms with Crippen molar-refractivity contribution in [1.82, 2.24) is 4.57 Å². The number of carbonyl (C=O) groups is 1. The highest BCUT2D eigenvalue weighted by Gasteiger charge is 2.33. The summed E-state index contributed by atoms with van der Waals surface area (Å²) >= 11 is 4.16. The van der Waals surface area contributed by atoms with E-state index >= 15 is 0 Å². The predicted octanol–water partition coefficient (Wildman–Crippen LogP) is 3.57. The largest absolute Gasteiger partial charge is 0.506 e. The smallest absolute Gasteiger partial charge is 0.338 e. The monoisotopic (exact) mass is 587 g/mol. The highest BCUT2D eigenvalue weighted by molar-refractivity contribution is 9.10. The second-order valence-electron chi connectivity index (χ2n) is 7.93. The third-order valence-corrected chi connectivity index (χ3v) is 7.19. The van der Waals surface area contributed by atoms with Gasteiger partial charge in [-0.1, -0.05) is 23.5 Å². The molecule has 0 radical (unpaired) electrons. The van der Waals surface area contributed by atoms with Gasteiger partial charge in [-0.25, -0.2) is 9.79 Å². The SMILES string of the molecule is CCOC(=O)C1=C(C)N=c2s/c(=C\c3cc([N+](=O)[O-])cc(Br)c3O)c(=O)n2[C@H]1c1ccc(OCC)cc1. The van der Waals surface area contributed by atoms with Gasteiger partial charge in [-0.05, 0) is 60.5 Å². The molecule has 0 spiro atoms. The zero-order valence-electron chi connectivity index (χ0n) is 20.1. The van der Waals surface area contributed by atoms with Crippen LogP contribution in [0.3, 0.4) is 0 Å². The van der Waals surface area contributed by atoms with Crippen molar-refractivity contribution in [1.29, 1.82) is 0 Å². The maximum Gasteiger partial charge on any atom is 0.338 e. The number of allylic oxidation sites excluding steroid dienone is 1. The molecule has 0 saturated heterocycles. The predicted molar refractivity (Wildman–Crippen MR) is 140 cm³/mol. The fourth-order valence-electron chi connectivity index (χ4n) is 3.98. The van der Waals surface area contributed by atoms with Crippen LogP contribution in [-0.2, 0) is 9.53 Å². The average molecular weight is 588 g/mol. The maximum atomic E-state index is 13.7. The molecule has 0 unspecified atom stereocenters. The molecular formula is C25H22BrN3O7S. The number of hydrogen-bond acceptors (Lipinski definition) is 9. The molecule has 12 heteroatoms. The number of carbonyl (C=O) groups excluding carboxylic acids is 1. The van der Waals surface area contributed by atoms with E-state index in [0.717, 1.165) is 11.3 Å². The van der Waals surface area contributed by atoms with Crippen molar-refractivity contribution in [2.24, 2.45) is 4.99 Å². The molecule has 1 N–H and O–H groups in total. The molecule has 2 aromatic carbocycles. The topological polar surface area (TPSA) is 133 Å². The molecule has 4 rings (SSSR count). The molecule has 10 nitrogen and oxygen atoms in total. The Labute approximate surface area is 223 Å². The number of nitro benzene ring substituents is 1. The number of thiazole rings is 1. The maximum absolute atomic E-state index is 13.7. The lowest BCUT2D eigenvalue weighted by Crippen LogP contribution is -2.39. The third-order valence-electron chi connectivity index (χ3n) is 5.60. The Morgan fingerprint density at radius 1 is 1.27 bits per heavy atom. The van der Waals surface area contributed by atoms with Gasteiger partial charge in [0.05, 0.1) is 44.5 Å². The molecule has 0 amide bonds. The Bertz CT molecular complexity index is 1610. The van der Waals surface area contributed by atoms with Crippen molar-refractivity contribution in [3.63, 3.8) is 0 Å². The molecule has 1 atom stereocenters. The highest BCUT2D eigenvalue weighted by Crippen LogP contribution is 2.34. The van der Waals surface area contributed by atoms with Crippen LogP contribution in [0.2, 0.25) is 0 Å². The number of nitrogens with zero attached hydrogens (tertiary/aromatic N) is 3. The number of ether oxygens (including phenoxy) is 2. The number of aromatic nitrogens is 1. The summed E-state index contributed by atoms with van der Waals surface area (Å²) in [4.78, 5) is 42.2. The van der Waals surface area contributed by atoms with E-state index in [9.17, 15) is 24.8 Å². The number of non-ortho nitro benzene ring substituents is 1. The second-order valence-corrected chi connectivity index (χ2v) is 9.79. The van der Waals surface area contributed by atoms with Gasteiger partial charge < -0.3 is 14.6 Å². The summed E-state index contributed by atoms with van der Waals surface area (Å²) in [5.74, 6) is -0.191. The summed E-state index contributed by atoms with van der Waals surface area (Å²) in [7, 11) is 0. The van der Waals surface area contributed by atoms with Gasteiger partial charge in [-0.15, -0.1) is 0 Å². The molecule has 37 heavy (non-hydrogen) atoms. The van der Waals surface area contributed by atoms with E-state index in [0.29, 0.717) is 28.4 Å². The van der Waals surface area contributed by atoms with Crippen LogP contribution in [-0.4, -0.2) is 33.8 Å². The van der Waals surface area contributed by atoms with E-state index in [1.54, 1.807) is 38.1 Å². The Morgan fingerprint density at radius 2 is 1.97 bits per heavy atom. The fraction of sp³-hybridized carbons (Fsp3) is 0.240. The lowest BCUT2D eigenvalue weighted by atomic mass is 9.96. The van der Waals surface area contributed by atoms with Crippen molar-refractivity contribution in [2.45, 2.75) is 26.8 Å². The first kappa shape index (κ1) is 26.3. The summed E-state index contributed by atoms with van der Waals surface area (Å²) in [5.41, 5.74) is 0.645. The van der Waals surface area contributed by atoms with Crippen molar-refractivity contribution >= 4 is 45.0 Å². The van der Waals surface area contributed by atoms with Gasteiger partial charge in [0.15, 0.2) is 4.80 Å². The molecule has 3 aromatic rings. The number of aromatic hydroxyl groups is 1. The molecule has 192 valence electrons. The van der Waals surface area contributed by atoms with Gasteiger partial charge >= 0.3 is 5.97 Å². The Hall–Kier alpha value is -3.77. The number of phenolic OH excluding ortho intramolecular Hbond substituents is 1. The van der Waals surface area contributed by atoms with Crippen molar-refractivity contribution < 1.29 is 24.3 Å². The van der Waals surface area contributed by atoms with Gasteiger partial charge in [0.2, 0.25) is 0 Å². The van der Waals surface area contributed by atoms with Gasteiger partial charge in [0, 0.05) is 17.7 Å². The van der Waals surface area contributed by atoms with E-state index in [4.69, 9.17) is 9.47 Å². The molecular weight excluding hydrogens is 566 g/mol. The van der Waals surface area contributed by atoms with E-state index < -0.39 is 22.5 Å².